The van der Waals surface area contributed by atoms with Crippen LogP contribution < -0.4 is 4.74 Å². The van der Waals surface area contributed by atoms with Crippen molar-refractivity contribution < 1.29 is 13.9 Å². The molecular weight excluding hydrogens is 287 g/mol. The molecule has 1 aliphatic heterocycles. The lowest BCUT2D eigenvalue weighted by Crippen LogP contribution is -2.20. The first-order valence-electron chi connectivity index (χ1n) is 6.68. The van der Waals surface area contributed by atoms with Gasteiger partial charge in [-0.1, -0.05) is 18.2 Å². The normalized spacial score (nSPS) is 17.6. The summed E-state index contributed by atoms with van der Waals surface area (Å²) in [5.41, 5.74) is 1.37. The Labute approximate surface area is 124 Å². The molecule has 1 unspecified atom stereocenters. The van der Waals surface area contributed by atoms with Gasteiger partial charge < -0.3 is 4.74 Å². The summed E-state index contributed by atoms with van der Waals surface area (Å²) in [5.74, 6) is -0.0194. The highest BCUT2D eigenvalue weighted by atomic mass is 32.1. The van der Waals surface area contributed by atoms with Crippen molar-refractivity contribution in [1.82, 2.24) is 0 Å². The fourth-order valence-corrected chi connectivity index (χ4v) is 3.72. The molecule has 3 aromatic rings. The van der Waals surface area contributed by atoms with E-state index in [-0.39, 0.29) is 18.3 Å². The Hall–Kier alpha value is -2.20. The molecule has 0 N–H and O–H groups in total. The monoisotopic (exact) mass is 298 g/mol. The molecule has 0 saturated heterocycles. The molecule has 1 atom stereocenters. The predicted molar refractivity (Wildman–Crippen MR) is 80.5 cm³/mol. The summed E-state index contributed by atoms with van der Waals surface area (Å²) in [6.07, 6.45) is -0.0522. The molecular formula is C17H11FO2S. The van der Waals surface area contributed by atoms with Gasteiger partial charge >= 0.3 is 0 Å². The lowest BCUT2D eigenvalue weighted by molar-refractivity contribution is 0.0851. The molecule has 2 nitrogen and oxygen atoms in total. The van der Waals surface area contributed by atoms with E-state index >= 15 is 0 Å². The van der Waals surface area contributed by atoms with E-state index in [1.165, 1.54) is 22.9 Å². The number of Topliss-reactive ketones (excluding diaryl/α,β-unsaturated/α-hetero) is 1. The quantitative estimate of drug-likeness (QED) is 0.648. The van der Waals surface area contributed by atoms with Crippen molar-refractivity contribution in [2.75, 3.05) is 0 Å². The van der Waals surface area contributed by atoms with Crippen LogP contribution in [0.15, 0.2) is 47.8 Å². The molecule has 0 amide bonds. The third kappa shape index (κ3) is 2.03. The molecule has 0 fully saturated rings. The second-order valence-corrected chi connectivity index (χ2v) is 5.97. The Morgan fingerprint density at radius 3 is 2.95 bits per heavy atom. The van der Waals surface area contributed by atoms with E-state index in [0.29, 0.717) is 11.3 Å². The number of thiophene rings is 1. The molecule has 0 radical (unpaired) electrons. The van der Waals surface area contributed by atoms with E-state index in [2.05, 4.69) is 6.07 Å². The Kier molecular flexibility index (Phi) is 2.79. The Morgan fingerprint density at radius 1 is 1.19 bits per heavy atom. The van der Waals surface area contributed by atoms with Crippen molar-refractivity contribution in [2.45, 2.75) is 12.5 Å². The summed E-state index contributed by atoms with van der Waals surface area (Å²) in [4.78, 5) is 12.2. The van der Waals surface area contributed by atoms with Crippen molar-refractivity contribution in [2.24, 2.45) is 0 Å². The van der Waals surface area contributed by atoms with Crippen LogP contribution in [0.5, 0.6) is 5.75 Å². The number of halogens is 1. The number of ketones is 1. The van der Waals surface area contributed by atoms with Crippen LogP contribution in [0.2, 0.25) is 0 Å². The first kappa shape index (κ1) is 12.5. The lowest BCUT2D eigenvalue weighted by atomic mass is 9.96. The predicted octanol–water partition coefficient (Wildman–Crippen LogP) is 4.75. The number of benzene rings is 2. The molecule has 1 aliphatic rings. The molecule has 1 aromatic heterocycles. The number of carbonyl (C=O) groups is 1. The maximum Gasteiger partial charge on any atom is 0.170 e. The van der Waals surface area contributed by atoms with Crippen LogP contribution in [0, 0.1) is 5.82 Å². The number of ether oxygens (including phenoxy) is 1. The number of carbonyl (C=O) groups excluding carboxylic acids is 1. The highest BCUT2D eigenvalue weighted by Gasteiger charge is 2.29. The Balaban J connectivity index is 1.78. The summed E-state index contributed by atoms with van der Waals surface area (Å²) in [6.45, 7) is 0. The summed E-state index contributed by atoms with van der Waals surface area (Å²) < 4.78 is 20.3. The zero-order chi connectivity index (χ0) is 14.4. The van der Waals surface area contributed by atoms with Gasteiger partial charge in [0.2, 0.25) is 0 Å². The van der Waals surface area contributed by atoms with Gasteiger partial charge in [0.1, 0.15) is 17.7 Å². The summed E-state index contributed by atoms with van der Waals surface area (Å²) in [7, 11) is 0. The largest absolute Gasteiger partial charge is 0.484 e. The molecule has 4 heteroatoms. The molecule has 0 spiro atoms. The average molecular weight is 298 g/mol. The van der Waals surface area contributed by atoms with Gasteiger partial charge in [-0.05, 0) is 35.0 Å². The van der Waals surface area contributed by atoms with Crippen molar-refractivity contribution in [1.29, 1.82) is 0 Å². The minimum Gasteiger partial charge on any atom is -0.484 e. The van der Waals surface area contributed by atoms with Gasteiger partial charge in [0.05, 0.1) is 12.0 Å². The second kappa shape index (κ2) is 4.67. The maximum absolute atomic E-state index is 13.2. The van der Waals surface area contributed by atoms with Crippen LogP contribution in [0.1, 0.15) is 28.4 Å². The summed E-state index contributed by atoms with van der Waals surface area (Å²) in [6, 6.07) is 12.2. The summed E-state index contributed by atoms with van der Waals surface area (Å²) in [5, 5.41) is 3.16. The highest BCUT2D eigenvalue weighted by molar-refractivity contribution is 7.17. The zero-order valence-electron chi connectivity index (χ0n) is 11.0. The molecule has 4 rings (SSSR count). The van der Waals surface area contributed by atoms with Gasteiger partial charge in [0.25, 0.3) is 0 Å². The number of rotatable bonds is 1. The molecule has 2 aromatic carbocycles. The fourth-order valence-electron chi connectivity index (χ4n) is 2.72. The minimum absolute atomic E-state index is 0.0731. The van der Waals surface area contributed by atoms with Gasteiger partial charge in [-0.2, -0.15) is 0 Å². The smallest absolute Gasteiger partial charge is 0.170 e. The van der Waals surface area contributed by atoms with Gasteiger partial charge in [0, 0.05) is 10.3 Å². The van der Waals surface area contributed by atoms with E-state index in [1.54, 1.807) is 11.3 Å². The zero-order valence-corrected chi connectivity index (χ0v) is 11.8. The van der Waals surface area contributed by atoms with Crippen molar-refractivity contribution in [3.63, 3.8) is 0 Å². The van der Waals surface area contributed by atoms with Crippen LogP contribution in [-0.2, 0) is 0 Å². The average Bonchev–Trinajstić information content (AvgIpc) is 2.92. The first-order valence-corrected chi connectivity index (χ1v) is 7.56. The van der Waals surface area contributed by atoms with E-state index in [0.717, 1.165) is 10.9 Å². The van der Waals surface area contributed by atoms with Crippen LogP contribution in [0.4, 0.5) is 4.39 Å². The number of fused-ring (bicyclic) bond motifs is 2. The Bertz CT molecular complexity index is 853. The molecule has 104 valence electrons. The van der Waals surface area contributed by atoms with Gasteiger partial charge in [-0.3, -0.25) is 4.79 Å². The van der Waals surface area contributed by atoms with Crippen LogP contribution in [0.3, 0.4) is 0 Å². The summed E-state index contributed by atoms with van der Waals surface area (Å²) >= 11 is 1.64. The number of hydrogen-bond acceptors (Lipinski definition) is 3. The molecule has 0 aliphatic carbocycles. The second-order valence-electron chi connectivity index (χ2n) is 5.06. The fraction of sp³-hybridized carbons (Fsp3) is 0.118. The van der Waals surface area contributed by atoms with Gasteiger partial charge in [0.15, 0.2) is 5.78 Å². The molecule has 21 heavy (non-hydrogen) atoms. The van der Waals surface area contributed by atoms with E-state index < -0.39 is 5.82 Å². The van der Waals surface area contributed by atoms with Crippen LogP contribution in [-0.4, -0.2) is 5.78 Å². The topological polar surface area (TPSA) is 26.3 Å². The molecule has 0 saturated carbocycles. The van der Waals surface area contributed by atoms with Crippen LogP contribution in [0.25, 0.3) is 10.1 Å². The van der Waals surface area contributed by atoms with Crippen molar-refractivity contribution in [3.8, 4) is 5.75 Å². The lowest BCUT2D eigenvalue weighted by Gasteiger charge is -2.25. The minimum atomic E-state index is -0.412. The highest BCUT2D eigenvalue weighted by Crippen LogP contribution is 2.39. The van der Waals surface area contributed by atoms with Gasteiger partial charge in [-0.15, -0.1) is 11.3 Å². The maximum atomic E-state index is 13.2. The third-order valence-electron chi connectivity index (χ3n) is 3.74. The standard InChI is InChI=1S/C17H11FO2S/c18-10-5-6-15-12(7-10)14(19)8-16(20-15)13-9-21-17-4-2-1-3-11(13)17/h1-7,9,16H,8H2. The van der Waals surface area contributed by atoms with Crippen molar-refractivity contribution >= 4 is 27.2 Å². The third-order valence-corrected chi connectivity index (χ3v) is 4.72. The molecule has 2 heterocycles. The first-order chi connectivity index (χ1) is 10.2. The molecule has 0 bridgehead atoms. The van der Waals surface area contributed by atoms with Gasteiger partial charge in [-0.25, -0.2) is 4.39 Å². The van der Waals surface area contributed by atoms with E-state index in [1.807, 2.05) is 23.6 Å². The van der Waals surface area contributed by atoms with Crippen molar-refractivity contribution in [3.05, 3.63) is 64.8 Å². The van der Waals surface area contributed by atoms with E-state index in [4.69, 9.17) is 4.74 Å². The Morgan fingerprint density at radius 2 is 2.05 bits per heavy atom. The van der Waals surface area contributed by atoms with Crippen LogP contribution >= 0.6 is 11.3 Å². The SMILES string of the molecule is O=C1CC(c2csc3ccccc23)Oc2ccc(F)cc21. The van der Waals surface area contributed by atoms with E-state index in [9.17, 15) is 9.18 Å². The number of hydrogen-bond donors (Lipinski definition) is 0.